The fourth-order valence-electron chi connectivity index (χ4n) is 1.42. The van der Waals surface area contributed by atoms with Crippen LogP contribution in [0.5, 0.6) is 0 Å². The highest BCUT2D eigenvalue weighted by Gasteiger charge is 2.15. The second-order valence-electron chi connectivity index (χ2n) is 3.48. The van der Waals surface area contributed by atoms with E-state index in [-0.39, 0.29) is 0 Å². The lowest BCUT2D eigenvalue weighted by Gasteiger charge is -2.35. The van der Waals surface area contributed by atoms with Crippen LogP contribution < -0.4 is 0 Å². The van der Waals surface area contributed by atoms with Crippen LogP contribution in [0.4, 0.5) is 0 Å². The normalized spacial score (nSPS) is 24.0. The van der Waals surface area contributed by atoms with Gasteiger partial charge in [-0.1, -0.05) is 0 Å². The molecule has 60 valence electrons. The summed E-state index contributed by atoms with van der Waals surface area (Å²) >= 11 is 0. The highest BCUT2D eigenvalue weighted by molar-refractivity contribution is 4.68. The van der Waals surface area contributed by atoms with E-state index >= 15 is 0 Å². The summed E-state index contributed by atoms with van der Waals surface area (Å²) in [6.07, 6.45) is 1.33. The minimum absolute atomic E-state index is 0.711. The molecule has 2 heteroatoms. The van der Waals surface area contributed by atoms with Gasteiger partial charge in [0.1, 0.15) is 0 Å². The van der Waals surface area contributed by atoms with Crippen LogP contribution in [0.2, 0.25) is 0 Å². The predicted molar refractivity (Wildman–Crippen MR) is 44.0 cm³/mol. The molecule has 1 rings (SSSR count). The Balaban J connectivity index is 2.32. The summed E-state index contributed by atoms with van der Waals surface area (Å²) in [5.41, 5.74) is 0. The summed E-state index contributed by atoms with van der Waals surface area (Å²) in [4.78, 5) is 4.88. The van der Waals surface area contributed by atoms with Gasteiger partial charge in [0.2, 0.25) is 0 Å². The fourth-order valence-corrected chi connectivity index (χ4v) is 1.42. The third kappa shape index (κ3) is 1.96. The molecule has 0 atom stereocenters. The van der Waals surface area contributed by atoms with Crippen LogP contribution in [-0.4, -0.2) is 42.6 Å². The lowest BCUT2D eigenvalue weighted by molar-refractivity contribution is 0.0814. The molecule has 0 bridgehead atoms. The first-order valence-corrected chi connectivity index (χ1v) is 4.13. The van der Waals surface area contributed by atoms with E-state index in [4.69, 9.17) is 0 Å². The van der Waals surface area contributed by atoms with Gasteiger partial charge in [0, 0.05) is 19.1 Å². The molecule has 1 fully saturated rings. The van der Waals surface area contributed by atoms with Gasteiger partial charge in [0.25, 0.3) is 0 Å². The summed E-state index contributed by atoms with van der Waals surface area (Å²) in [5.74, 6) is 0. The van der Waals surface area contributed by atoms with Crippen molar-refractivity contribution in [1.29, 1.82) is 0 Å². The molecule has 0 N–H and O–H groups in total. The Morgan fingerprint density at radius 2 is 1.90 bits per heavy atom. The molecule has 0 amide bonds. The standard InChI is InChI=1S/C8H18N2/c1-8(2)10-6-4-5-9(3)7-10/h8H,4-7H2,1-3H3. The van der Waals surface area contributed by atoms with E-state index in [0.29, 0.717) is 6.04 Å². The Hall–Kier alpha value is -0.0800. The summed E-state index contributed by atoms with van der Waals surface area (Å²) in [7, 11) is 2.19. The highest BCUT2D eigenvalue weighted by atomic mass is 15.3. The summed E-state index contributed by atoms with van der Waals surface area (Å²) < 4.78 is 0. The van der Waals surface area contributed by atoms with Gasteiger partial charge in [-0.25, -0.2) is 0 Å². The zero-order valence-corrected chi connectivity index (χ0v) is 7.30. The highest BCUT2D eigenvalue weighted by Crippen LogP contribution is 2.06. The monoisotopic (exact) mass is 142 g/mol. The average Bonchev–Trinajstić information content (AvgIpc) is 1.88. The van der Waals surface area contributed by atoms with Crippen molar-refractivity contribution in [3.05, 3.63) is 0 Å². The molecule has 0 radical (unpaired) electrons. The van der Waals surface area contributed by atoms with Crippen LogP contribution in [0.15, 0.2) is 0 Å². The van der Waals surface area contributed by atoms with Crippen molar-refractivity contribution in [2.24, 2.45) is 0 Å². The van der Waals surface area contributed by atoms with Crippen LogP contribution in [0, 0.1) is 0 Å². The smallest absolute Gasteiger partial charge is 0.0505 e. The molecular formula is C8H18N2. The zero-order valence-electron chi connectivity index (χ0n) is 7.30. The molecule has 1 aliphatic rings. The van der Waals surface area contributed by atoms with Crippen molar-refractivity contribution in [1.82, 2.24) is 9.80 Å². The van der Waals surface area contributed by atoms with Gasteiger partial charge in [-0.3, -0.25) is 9.80 Å². The Labute approximate surface area is 63.8 Å². The maximum atomic E-state index is 2.50. The van der Waals surface area contributed by atoms with Crippen molar-refractivity contribution in [3.63, 3.8) is 0 Å². The maximum Gasteiger partial charge on any atom is 0.0505 e. The molecule has 1 saturated heterocycles. The summed E-state index contributed by atoms with van der Waals surface area (Å²) in [6, 6.07) is 0.711. The van der Waals surface area contributed by atoms with E-state index in [1.54, 1.807) is 0 Å². The Morgan fingerprint density at radius 1 is 1.20 bits per heavy atom. The zero-order chi connectivity index (χ0) is 7.56. The van der Waals surface area contributed by atoms with Gasteiger partial charge in [-0.05, 0) is 27.3 Å². The molecule has 1 aliphatic heterocycles. The average molecular weight is 142 g/mol. The summed E-state index contributed by atoms with van der Waals surface area (Å²) in [6.45, 7) is 8.22. The molecule has 0 saturated carbocycles. The lowest BCUT2D eigenvalue weighted by Crippen LogP contribution is -2.45. The van der Waals surface area contributed by atoms with Crippen LogP contribution in [0.3, 0.4) is 0 Å². The molecule has 2 nitrogen and oxygen atoms in total. The Kier molecular flexibility index (Phi) is 2.69. The molecule has 0 aromatic rings. The molecule has 0 aromatic heterocycles. The Morgan fingerprint density at radius 3 is 2.30 bits per heavy atom. The molecule has 0 unspecified atom stereocenters. The first kappa shape index (κ1) is 8.02. The topological polar surface area (TPSA) is 6.48 Å². The molecule has 0 aromatic carbocycles. The van der Waals surface area contributed by atoms with E-state index < -0.39 is 0 Å². The van der Waals surface area contributed by atoms with E-state index in [1.807, 2.05) is 0 Å². The molecule has 0 spiro atoms. The van der Waals surface area contributed by atoms with Crippen LogP contribution in [-0.2, 0) is 0 Å². The number of nitrogens with zero attached hydrogens (tertiary/aromatic N) is 2. The van der Waals surface area contributed by atoms with Gasteiger partial charge in [0.15, 0.2) is 0 Å². The van der Waals surface area contributed by atoms with Gasteiger partial charge in [-0.15, -0.1) is 0 Å². The SMILES string of the molecule is CC(C)N1CCCN(C)C1. The maximum absolute atomic E-state index is 2.50. The summed E-state index contributed by atoms with van der Waals surface area (Å²) in [5, 5.41) is 0. The van der Waals surface area contributed by atoms with Gasteiger partial charge in [-0.2, -0.15) is 0 Å². The van der Waals surface area contributed by atoms with Crippen LogP contribution in [0.25, 0.3) is 0 Å². The molecular weight excluding hydrogens is 124 g/mol. The lowest BCUT2D eigenvalue weighted by atomic mass is 10.2. The van der Waals surface area contributed by atoms with E-state index in [1.165, 1.54) is 19.5 Å². The first-order chi connectivity index (χ1) is 4.70. The van der Waals surface area contributed by atoms with E-state index in [2.05, 4.69) is 30.7 Å². The van der Waals surface area contributed by atoms with E-state index in [0.717, 1.165) is 6.67 Å². The van der Waals surface area contributed by atoms with Crippen LogP contribution >= 0.6 is 0 Å². The van der Waals surface area contributed by atoms with Crippen molar-refractivity contribution in [3.8, 4) is 0 Å². The Bertz CT molecular complexity index is 101. The van der Waals surface area contributed by atoms with Crippen molar-refractivity contribution in [2.45, 2.75) is 26.3 Å². The van der Waals surface area contributed by atoms with Gasteiger partial charge < -0.3 is 0 Å². The second kappa shape index (κ2) is 3.35. The second-order valence-corrected chi connectivity index (χ2v) is 3.48. The minimum Gasteiger partial charge on any atom is -0.293 e. The van der Waals surface area contributed by atoms with Gasteiger partial charge >= 0.3 is 0 Å². The molecule has 0 aliphatic carbocycles. The fraction of sp³-hybridized carbons (Fsp3) is 1.00. The molecule has 10 heavy (non-hydrogen) atoms. The number of hydrogen-bond donors (Lipinski definition) is 0. The van der Waals surface area contributed by atoms with E-state index in [9.17, 15) is 0 Å². The largest absolute Gasteiger partial charge is 0.293 e. The minimum atomic E-state index is 0.711. The number of rotatable bonds is 1. The van der Waals surface area contributed by atoms with Gasteiger partial charge in [0.05, 0.1) is 6.67 Å². The van der Waals surface area contributed by atoms with Crippen molar-refractivity contribution >= 4 is 0 Å². The quantitative estimate of drug-likeness (QED) is 0.538. The van der Waals surface area contributed by atoms with Crippen molar-refractivity contribution in [2.75, 3.05) is 26.8 Å². The third-order valence-corrected chi connectivity index (χ3v) is 2.14. The van der Waals surface area contributed by atoms with Crippen LogP contribution in [0.1, 0.15) is 20.3 Å². The first-order valence-electron chi connectivity index (χ1n) is 4.13. The third-order valence-electron chi connectivity index (χ3n) is 2.14. The number of hydrogen-bond acceptors (Lipinski definition) is 2. The predicted octanol–water partition coefficient (Wildman–Crippen LogP) is 0.990. The molecule has 1 heterocycles. The van der Waals surface area contributed by atoms with Crippen molar-refractivity contribution < 1.29 is 0 Å².